The van der Waals surface area contributed by atoms with Gasteiger partial charge in [-0.1, -0.05) is 33.8 Å². The van der Waals surface area contributed by atoms with Crippen LogP contribution in [0.4, 0.5) is 17.3 Å². The van der Waals surface area contributed by atoms with E-state index >= 15 is 0 Å². The van der Waals surface area contributed by atoms with E-state index in [2.05, 4.69) is 42.0 Å². The number of nitro groups is 1. The molecule has 0 spiro atoms. The molecule has 0 bridgehead atoms. The number of carbonyl (C=O) groups is 1. The van der Waals surface area contributed by atoms with Crippen molar-refractivity contribution >= 4 is 57.1 Å². The summed E-state index contributed by atoms with van der Waals surface area (Å²) in [5.74, 6) is 6.34. The van der Waals surface area contributed by atoms with Gasteiger partial charge in [-0.15, -0.1) is 10.2 Å². The number of thioether (sulfide) groups is 1. The molecule has 12 nitrogen and oxygen atoms in total. The summed E-state index contributed by atoms with van der Waals surface area (Å²) in [5, 5.41) is 25.6. The minimum atomic E-state index is -0.537. The van der Waals surface area contributed by atoms with Gasteiger partial charge >= 0.3 is 0 Å². The monoisotopic (exact) mass is 520 g/mol. The second-order valence-electron chi connectivity index (χ2n) is 6.08. The normalized spacial score (nSPS) is 10.8. The number of nitrogens with two attached hydrogens (primary N) is 1. The Labute approximate surface area is 194 Å². The van der Waals surface area contributed by atoms with Gasteiger partial charge in [0, 0.05) is 27.9 Å². The number of nitro benzene ring substituents is 1. The van der Waals surface area contributed by atoms with E-state index in [1.54, 1.807) is 19.2 Å². The Kier molecular flexibility index (Phi) is 7.62. The number of hydrogen-bond donors (Lipinski definition) is 3. The topological polar surface area (TPSA) is 163 Å². The maximum absolute atomic E-state index is 12.1. The summed E-state index contributed by atoms with van der Waals surface area (Å²) in [4.78, 5) is 22.4. The number of nitrogens with zero attached hydrogens (tertiary/aromatic N) is 5. The van der Waals surface area contributed by atoms with Crippen LogP contribution >= 0.6 is 27.7 Å². The summed E-state index contributed by atoms with van der Waals surface area (Å²) in [5.41, 5.74) is 3.61. The van der Waals surface area contributed by atoms with Crippen LogP contribution in [0.25, 0.3) is 0 Å². The smallest absolute Gasteiger partial charge is 0.271 e. The summed E-state index contributed by atoms with van der Waals surface area (Å²) in [7, 11) is 1.56. The summed E-state index contributed by atoms with van der Waals surface area (Å²) < 4.78 is 7.29. The van der Waals surface area contributed by atoms with Crippen molar-refractivity contribution < 1.29 is 14.5 Å². The highest BCUT2D eigenvalue weighted by molar-refractivity contribution is 9.10. The second-order valence-corrected chi connectivity index (χ2v) is 7.93. The summed E-state index contributed by atoms with van der Waals surface area (Å²) in [6, 6.07) is 11.1. The van der Waals surface area contributed by atoms with Crippen molar-refractivity contribution in [1.82, 2.24) is 14.9 Å². The van der Waals surface area contributed by atoms with Crippen molar-refractivity contribution in [2.24, 2.45) is 5.10 Å². The summed E-state index contributed by atoms with van der Waals surface area (Å²) in [6.45, 7) is 0. The first-order valence-corrected chi connectivity index (χ1v) is 10.7. The van der Waals surface area contributed by atoms with Gasteiger partial charge in [-0.3, -0.25) is 14.9 Å². The summed E-state index contributed by atoms with van der Waals surface area (Å²) in [6.07, 6.45) is 1.54. The van der Waals surface area contributed by atoms with Crippen molar-refractivity contribution in [2.75, 3.05) is 29.4 Å². The quantitative estimate of drug-likeness (QED) is 0.126. The van der Waals surface area contributed by atoms with Crippen LogP contribution in [0.5, 0.6) is 5.75 Å². The number of nitrogen functional groups attached to an aromatic ring is 1. The van der Waals surface area contributed by atoms with Crippen molar-refractivity contribution in [1.29, 1.82) is 0 Å². The number of benzene rings is 2. The van der Waals surface area contributed by atoms with Gasteiger partial charge in [-0.2, -0.15) is 5.10 Å². The first kappa shape index (κ1) is 23.0. The molecule has 3 rings (SSSR count). The molecule has 3 aromatic rings. The number of hydrazone groups is 1. The van der Waals surface area contributed by atoms with E-state index in [-0.39, 0.29) is 28.5 Å². The van der Waals surface area contributed by atoms with E-state index in [9.17, 15) is 14.9 Å². The standard InChI is InChI=1S/C18H17BrN8O4S/c1-31-15-6-5-12(19)7-11(15)9-21-23-17-24-25-18(26(17)20)32-10-16(28)22-13-3-2-4-14(8-13)27(29)30/h2-9H,10,20H2,1H3,(H,22,28)(H,23,24)/b21-9+. The largest absolute Gasteiger partial charge is 0.496 e. The number of anilines is 2. The fraction of sp³-hybridized carbons (Fsp3) is 0.111. The Bertz CT molecular complexity index is 1170. The SMILES string of the molecule is COc1ccc(Br)cc1/C=N/Nc1nnc(SCC(=O)Nc2cccc([N+](=O)[O-])c2)n1N. The Morgan fingerprint density at radius 1 is 1.38 bits per heavy atom. The fourth-order valence-corrected chi connectivity index (χ4v) is 3.48. The van der Waals surface area contributed by atoms with Crippen LogP contribution in [0.3, 0.4) is 0 Å². The number of ether oxygens (including phenoxy) is 1. The molecule has 0 atom stereocenters. The van der Waals surface area contributed by atoms with Crippen molar-refractivity contribution in [2.45, 2.75) is 5.16 Å². The molecular formula is C18H17BrN8O4S. The predicted octanol–water partition coefficient (Wildman–Crippen LogP) is 2.85. The zero-order valence-corrected chi connectivity index (χ0v) is 19.0. The Hall–Kier alpha value is -3.65. The molecule has 0 unspecified atom stereocenters. The van der Waals surface area contributed by atoms with Crippen LogP contribution in [0.2, 0.25) is 0 Å². The average Bonchev–Trinajstić information content (AvgIpc) is 3.12. The highest BCUT2D eigenvalue weighted by Gasteiger charge is 2.13. The second kappa shape index (κ2) is 10.6. The minimum Gasteiger partial charge on any atom is -0.496 e. The number of aromatic nitrogens is 3. The summed E-state index contributed by atoms with van der Waals surface area (Å²) >= 11 is 4.43. The number of nitrogens with one attached hydrogen (secondary N) is 2. The number of methoxy groups -OCH3 is 1. The van der Waals surface area contributed by atoms with Gasteiger partial charge in [-0.25, -0.2) is 10.1 Å². The van der Waals surface area contributed by atoms with Crippen LogP contribution in [0, 0.1) is 10.1 Å². The van der Waals surface area contributed by atoms with Gasteiger partial charge in [0.2, 0.25) is 11.1 Å². The molecule has 1 aromatic heterocycles. The Balaban J connectivity index is 1.57. The molecule has 2 aromatic carbocycles. The molecule has 0 saturated heterocycles. The van der Waals surface area contributed by atoms with Crippen LogP contribution in [-0.2, 0) is 4.79 Å². The fourth-order valence-electron chi connectivity index (χ4n) is 2.44. The third kappa shape index (κ3) is 5.95. The van der Waals surface area contributed by atoms with Crippen molar-refractivity contribution in [3.63, 3.8) is 0 Å². The number of non-ortho nitro benzene ring substituents is 1. The minimum absolute atomic E-state index is 0.0312. The number of rotatable bonds is 9. The molecule has 166 valence electrons. The van der Waals surface area contributed by atoms with Crippen LogP contribution in [0.1, 0.15) is 5.56 Å². The maximum Gasteiger partial charge on any atom is 0.271 e. The van der Waals surface area contributed by atoms with Gasteiger partial charge in [0.05, 0.1) is 24.0 Å². The molecule has 0 radical (unpaired) electrons. The third-order valence-electron chi connectivity index (χ3n) is 3.90. The third-order valence-corrected chi connectivity index (χ3v) is 5.33. The van der Waals surface area contributed by atoms with Gasteiger partial charge in [-0.05, 0) is 24.3 Å². The van der Waals surface area contributed by atoms with Gasteiger partial charge in [0.1, 0.15) is 5.75 Å². The number of hydrogen-bond acceptors (Lipinski definition) is 10. The lowest BCUT2D eigenvalue weighted by atomic mass is 10.2. The van der Waals surface area contributed by atoms with Crippen molar-refractivity contribution in [3.8, 4) is 5.75 Å². The highest BCUT2D eigenvalue weighted by Crippen LogP contribution is 2.22. The zero-order chi connectivity index (χ0) is 23.1. The molecule has 0 fully saturated rings. The van der Waals surface area contributed by atoms with Gasteiger partial charge < -0.3 is 15.9 Å². The molecule has 0 saturated carbocycles. The average molecular weight is 521 g/mol. The maximum atomic E-state index is 12.1. The molecule has 1 heterocycles. The lowest BCUT2D eigenvalue weighted by Gasteiger charge is -2.06. The van der Waals surface area contributed by atoms with Gasteiger partial charge in [0.15, 0.2) is 0 Å². The predicted molar refractivity (Wildman–Crippen MR) is 125 cm³/mol. The molecular weight excluding hydrogens is 504 g/mol. The molecule has 0 aliphatic rings. The van der Waals surface area contributed by atoms with E-state index < -0.39 is 4.92 Å². The molecule has 1 amide bonds. The first-order chi connectivity index (χ1) is 15.4. The molecule has 0 aliphatic heterocycles. The lowest BCUT2D eigenvalue weighted by molar-refractivity contribution is -0.384. The molecule has 32 heavy (non-hydrogen) atoms. The number of amides is 1. The Morgan fingerprint density at radius 3 is 2.94 bits per heavy atom. The van der Waals surface area contributed by atoms with E-state index in [0.717, 1.165) is 26.5 Å². The molecule has 4 N–H and O–H groups in total. The Morgan fingerprint density at radius 2 is 2.19 bits per heavy atom. The van der Waals surface area contributed by atoms with Crippen LogP contribution in [-0.4, -0.2) is 44.8 Å². The van der Waals surface area contributed by atoms with Crippen molar-refractivity contribution in [3.05, 3.63) is 62.6 Å². The zero-order valence-electron chi connectivity index (χ0n) is 16.6. The lowest BCUT2D eigenvalue weighted by Crippen LogP contribution is -2.17. The van der Waals surface area contributed by atoms with Crippen LogP contribution in [0.15, 0.2) is 57.2 Å². The van der Waals surface area contributed by atoms with E-state index in [4.69, 9.17) is 10.6 Å². The molecule has 14 heteroatoms. The van der Waals surface area contributed by atoms with E-state index in [1.165, 1.54) is 24.4 Å². The van der Waals surface area contributed by atoms with Crippen LogP contribution < -0.4 is 21.3 Å². The first-order valence-electron chi connectivity index (χ1n) is 8.87. The van der Waals surface area contributed by atoms with E-state index in [1.807, 2.05) is 12.1 Å². The van der Waals surface area contributed by atoms with Gasteiger partial charge in [0.25, 0.3) is 11.6 Å². The van der Waals surface area contributed by atoms with E-state index in [0.29, 0.717) is 11.4 Å². The highest BCUT2D eigenvalue weighted by atomic mass is 79.9. The number of carbonyl (C=O) groups excluding carboxylic acids is 1. The number of halogens is 1. The molecule has 0 aliphatic carbocycles.